The fraction of sp³-hybridized carbons (Fsp3) is 0.600. The van der Waals surface area contributed by atoms with Gasteiger partial charge in [0.2, 0.25) is 0 Å². The summed E-state index contributed by atoms with van der Waals surface area (Å²) in [6.45, 7) is 3.23. The lowest BCUT2D eigenvalue weighted by Crippen LogP contribution is -2.14. The zero-order valence-electron chi connectivity index (χ0n) is 5.40. The highest BCUT2D eigenvalue weighted by molar-refractivity contribution is 7.74. The van der Waals surface area contributed by atoms with Crippen LogP contribution in [0.3, 0.4) is 0 Å². The molecule has 0 heterocycles. The number of aliphatic hydroxyl groups is 1. The Morgan fingerprint density at radius 3 is 2.80 bits per heavy atom. The first-order valence-corrected chi connectivity index (χ1v) is 3.73. The number of hydrogen-bond donors (Lipinski definition) is 2. The summed E-state index contributed by atoms with van der Waals surface area (Å²) in [6, 6.07) is 0. The van der Waals surface area contributed by atoms with Crippen molar-refractivity contribution in [3.05, 3.63) is 12.7 Å². The molecule has 0 rings (SSSR count). The van der Waals surface area contributed by atoms with Crippen molar-refractivity contribution in [3.8, 4) is 0 Å². The van der Waals surface area contributed by atoms with Gasteiger partial charge in [0.05, 0.1) is 12.7 Å². The molecule has 0 aromatic rings. The van der Waals surface area contributed by atoms with Gasteiger partial charge in [-0.3, -0.25) is 8.74 Å². The van der Waals surface area contributed by atoms with Crippen LogP contribution in [-0.2, 0) is 15.5 Å². The van der Waals surface area contributed by atoms with E-state index in [1.54, 1.807) is 0 Å². The van der Waals surface area contributed by atoms with Crippen LogP contribution in [-0.4, -0.2) is 26.6 Å². The van der Waals surface area contributed by atoms with E-state index >= 15 is 0 Å². The Labute approximate surface area is 62.0 Å². The van der Waals surface area contributed by atoms with E-state index in [0.717, 1.165) is 0 Å². The van der Waals surface area contributed by atoms with Gasteiger partial charge < -0.3 is 5.11 Å². The maximum absolute atomic E-state index is 9.86. The Hall–Kier alpha value is -0.230. The summed E-state index contributed by atoms with van der Waals surface area (Å²) < 4.78 is 22.1. The molecule has 0 aliphatic rings. The maximum Gasteiger partial charge on any atom is 0.301 e. The fourth-order valence-electron chi connectivity index (χ4n) is 0.397. The lowest BCUT2D eigenvalue weighted by molar-refractivity contribution is 0.112. The van der Waals surface area contributed by atoms with Gasteiger partial charge in [-0.1, -0.05) is 6.08 Å². The van der Waals surface area contributed by atoms with Crippen LogP contribution in [0.5, 0.6) is 0 Å². The Bertz CT molecular complexity index is 125. The van der Waals surface area contributed by atoms with E-state index < -0.39 is 17.5 Å². The third kappa shape index (κ3) is 5.90. The lowest BCUT2D eigenvalue weighted by atomic mass is 10.3. The number of rotatable bonds is 5. The van der Waals surface area contributed by atoms with Gasteiger partial charge in [-0.2, -0.15) is 4.21 Å². The molecule has 0 bridgehead atoms. The molecule has 0 fully saturated rings. The molecule has 4 nitrogen and oxygen atoms in total. The van der Waals surface area contributed by atoms with E-state index in [9.17, 15) is 4.21 Å². The molecule has 0 aliphatic heterocycles. The highest BCUT2D eigenvalue weighted by Gasteiger charge is 2.02. The summed E-state index contributed by atoms with van der Waals surface area (Å²) in [4.78, 5) is 0. The van der Waals surface area contributed by atoms with Gasteiger partial charge in [0.1, 0.15) is 0 Å². The van der Waals surface area contributed by atoms with Crippen molar-refractivity contribution in [1.82, 2.24) is 0 Å². The molecule has 0 saturated heterocycles. The van der Waals surface area contributed by atoms with Crippen LogP contribution in [0.2, 0.25) is 0 Å². The van der Waals surface area contributed by atoms with Gasteiger partial charge in [0, 0.05) is 0 Å². The van der Waals surface area contributed by atoms with E-state index in [0.29, 0.717) is 6.42 Å². The topological polar surface area (TPSA) is 66.8 Å². The highest BCUT2D eigenvalue weighted by atomic mass is 32.2. The summed E-state index contributed by atoms with van der Waals surface area (Å²) in [7, 11) is 0. The van der Waals surface area contributed by atoms with E-state index in [-0.39, 0.29) is 6.61 Å². The van der Waals surface area contributed by atoms with Crippen molar-refractivity contribution in [2.45, 2.75) is 12.5 Å². The van der Waals surface area contributed by atoms with Gasteiger partial charge >= 0.3 is 11.4 Å². The maximum atomic E-state index is 9.86. The Balaban J connectivity index is 3.29. The zero-order chi connectivity index (χ0) is 7.98. The molecule has 0 aliphatic carbocycles. The van der Waals surface area contributed by atoms with Crippen LogP contribution < -0.4 is 0 Å². The van der Waals surface area contributed by atoms with Crippen molar-refractivity contribution >= 4 is 11.4 Å². The largest absolute Gasteiger partial charge is 0.390 e. The predicted molar refractivity (Wildman–Crippen MR) is 37.5 cm³/mol. The second kappa shape index (κ2) is 5.55. The van der Waals surface area contributed by atoms with Crippen molar-refractivity contribution in [3.63, 3.8) is 0 Å². The van der Waals surface area contributed by atoms with Crippen LogP contribution in [0.25, 0.3) is 0 Å². The smallest absolute Gasteiger partial charge is 0.301 e. The normalized spacial score (nSPS) is 16.2. The molecule has 2 unspecified atom stereocenters. The van der Waals surface area contributed by atoms with Gasteiger partial charge in [-0.15, -0.1) is 6.58 Å². The molecule has 0 spiro atoms. The lowest BCUT2D eigenvalue weighted by Gasteiger charge is -2.04. The summed E-state index contributed by atoms with van der Waals surface area (Å²) in [6.07, 6.45) is 1.12. The first kappa shape index (κ1) is 9.77. The molecule has 60 valence electrons. The van der Waals surface area contributed by atoms with Crippen LogP contribution in [0.15, 0.2) is 12.7 Å². The Kier molecular flexibility index (Phi) is 5.42. The van der Waals surface area contributed by atoms with Gasteiger partial charge in [-0.05, 0) is 6.42 Å². The second-order valence-electron chi connectivity index (χ2n) is 1.68. The van der Waals surface area contributed by atoms with Crippen LogP contribution >= 0.6 is 0 Å². The molecule has 0 radical (unpaired) electrons. The average molecular weight is 166 g/mol. The summed E-state index contributed by atoms with van der Waals surface area (Å²) in [5.74, 6) is 0. The fourth-order valence-corrected chi connectivity index (χ4v) is 0.671. The van der Waals surface area contributed by atoms with Crippen molar-refractivity contribution in [1.29, 1.82) is 0 Å². The number of aliphatic hydroxyl groups excluding tert-OH is 1. The SMILES string of the molecule is C=CCC(O)COS(=O)O. The van der Waals surface area contributed by atoms with Gasteiger partial charge in [0.25, 0.3) is 0 Å². The molecule has 2 atom stereocenters. The zero-order valence-corrected chi connectivity index (χ0v) is 6.21. The molecule has 0 aromatic carbocycles. The summed E-state index contributed by atoms with van der Waals surface area (Å²) in [5.41, 5.74) is 0. The van der Waals surface area contributed by atoms with Gasteiger partial charge in [-0.25, -0.2) is 0 Å². The first-order valence-electron chi connectivity index (χ1n) is 2.70. The third-order valence-electron chi connectivity index (χ3n) is 0.800. The van der Waals surface area contributed by atoms with Crippen molar-refractivity contribution < 1.29 is 18.1 Å². The van der Waals surface area contributed by atoms with Crippen molar-refractivity contribution in [2.75, 3.05) is 6.61 Å². The average Bonchev–Trinajstić information content (AvgIpc) is 1.85. The summed E-state index contributed by atoms with van der Waals surface area (Å²) in [5, 5.41) is 8.86. The minimum Gasteiger partial charge on any atom is -0.390 e. The Morgan fingerprint density at radius 1 is 1.80 bits per heavy atom. The minimum atomic E-state index is -2.28. The van der Waals surface area contributed by atoms with E-state index in [1.807, 2.05) is 0 Å². The number of hydrogen-bond acceptors (Lipinski definition) is 3. The molecule has 0 aromatic heterocycles. The molecule has 2 N–H and O–H groups in total. The molecular formula is C5H10O4S. The molecule has 10 heavy (non-hydrogen) atoms. The van der Waals surface area contributed by atoms with Gasteiger partial charge in [0.15, 0.2) is 0 Å². The Morgan fingerprint density at radius 2 is 2.40 bits per heavy atom. The van der Waals surface area contributed by atoms with Crippen LogP contribution in [0.1, 0.15) is 6.42 Å². The van der Waals surface area contributed by atoms with E-state index in [2.05, 4.69) is 10.8 Å². The quantitative estimate of drug-likeness (QED) is 0.448. The third-order valence-corrected chi connectivity index (χ3v) is 1.14. The van der Waals surface area contributed by atoms with E-state index in [1.165, 1.54) is 6.08 Å². The molecule has 0 amide bonds. The summed E-state index contributed by atoms with van der Waals surface area (Å²) >= 11 is -2.28. The van der Waals surface area contributed by atoms with Crippen LogP contribution in [0.4, 0.5) is 0 Å². The minimum absolute atomic E-state index is 0.144. The highest BCUT2D eigenvalue weighted by Crippen LogP contribution is 1.93. The van der Waals surface area contributed by atoms with Crippen molar-refractivity contribution in [2.24, 2.45) is 0 Å². The molecule has 5 heteroatoms. The predicted octanol–water partition coefficient (Wildman–Crippen LogP) is 0.0767. The monoisotopic (exact) mass is 166 g/mol. The second-order valence-corrected chi connectivity index (χ2v) is 2.35. The van der Waals surface area contributed by atoms with E-state index in [4.69, 9.17) is 9.66 Å². The van der Waals surface area contributed by atoms with Crippen LogP contribution in [0, 0.1) is 0 Å². The standard InChI is InChI=1S/C5H10O4S/c1-2-3-5(6)4-9-10(7)8/h2,5-6H,1,3-4H2,(H,7,8). The molecular weight excluding hydrogens is 156 g/mol. The molecule has 0 saturated carbocycles. The first-order chi connectivity index (χ1) is 4.66.